The van der Waals surface area contributed by atoms with E-state index in [2.05, 4.69) is 33.0 Å². The monoisotopic (exact) mass is 220 g/mol. The predicted octanol–water partition coefficient (Wildman–Crippen LogP) is -2.22. The van der Waals surface area contributed by atoms with Crippen LogP contribution < -0.4 is 17.7 Å². The molecule has 1 N–H and O–H groups in total. The second kappa shape index (κ2) is 6.04. The third kappa shape index (κ3) is 8.08. The molecule has 0 aliphatic carbocycles. The average molecular weight is 221 g/mol. The van der Waals surface area contributed by atoms with E-state index < -0.39 is 0 Å². The van der Waals surface area contributed by atoms with E-state index in [-0.39, 0.29) is 24.4 Å². The van der Waals surface area contributed by atoms with Gasteiger partial charge in [0.15, 0.2) is 0 Å². The molecule has 1 amide bonds. The molecule has 0 saturated heterocycles. The molecule has 84 valence electrons. The van der Waals surface area contributed by atoms with Crippen molar-refractivity contribution in [1.29, 1.82) is 0 Å². The minimum absolute atomic E-state index is 0. The summed E-state index contributed by atoms with van der Waals surface area (Å²) in [5.41, 5.74) is 0.563. The number of carbonyl (C=O) groups is 1. The van der Waals surface area contributed by atoms with Crippen LogP contribution >= 0.6 is 0 Å². The average Bonchev–Trinajstić information content (AvgIpc) is 1.81. The van der Waals surface area contributed by atoms with E-state index in [1.165, 1.54) is 0 Å². The van der Waals surface area contributed by atoms with E-state index in [1.807, 2.05) is 6.92 Å². The van der Waals surface area contributed by atoms with Crippen LogP contribution in [0.1, 0.15) is 13.8 Å². The van der Waals surface area contributed by atoms with Crippen LogP contribution in [0, 0.1) is 0 Å². The second-order valence-corrected chi connectivity index (χ2v) is 4.63. The van der Waals surface area contributed by atoms with Gasteiger partial charge in [-0.1, -0.05) is 6.58 Å². The molecule has 0 rings (SSSR count). The highest BCUT2D eigenvalue weighted by Gasteiger charge is 2.15. The third-order valence-electron chi connectivity index (χ3n) is 1.59. The van der Waals surface area contributed by atoms with Gasteiger partial charge in [-0.3, -0.25) is 4.79 Å². The first-order valence-electron chi connectivity index (χ1n) is 4.49. The lowest BCUT2D eigenvalue weighted by molar-refractivity contribution is -0.871. The lowest BCUT2D eigenvalue weighted by atomic mass is 10.2. The molecule has 0 saturated carbocycles. The Morgan fingerprint density at radius 3 is 2.14 bits per heavy atom. The summed E-state index contributed by atoms with van der Waals surface area (Å²) < 4.78 is 0.845. The standard InChI is InChI=1S/C10H20N2O.ClH/c1-8(2)10(13)11-9(3)7-12(4,5)6;/h9H,1,7H2,2-6H3;1H. The topological polar surface area (TPSA) is 29.1 Å². The van der Waals surface area contributed by atoms with E-state index in [0.29, 0.717) is 5.57 Å². The zero-order valence-corrected chi connectivity index (χ0v) is 10.5. The number of carbonyl (C=O) groups excluding carboxylic acids is 1. The summed E-state index contributed by atoms with van der Waals surface area (Å²) in [6.07, 6.45) is 0. The van der Waals surface area contributed by atoms with Gasteiger partial charge in [0.2, 0.25) is 5.91 Å². The van der Waals surface area contributed by atoms with Gasteiger partial charge in [0.25, 0.3) is 0 Å². The minimum atomic E-state index is -0.0547. The molecule has 0 aromatic carbocycles. The van der Waals surface area contributed by atoms with Crippen molar-refractivity contribution in [3.05, 3.63) is 12.2 Å². The number of amides is 1. The lowest BCUT2D eigenvalue weighted by Crippen LogP contribution is -3.00. The first kappa shape index (κ1) is 15.9. The number of hydrogen-bond donors (Lipinski definition) is 1. The van der Waals surface area contributed by atoms with E-state index in [0.717, 1.165) is 11.0 Å². The Labute approximate surface area is 93.2 Å². The van der Waals surface area contributed by atoms with Crippen LogP contribution in [-0.4, -0.2) is 44.1 Å². The van der Waals surface area contributed by atoms with Crippen LogP contribution in [0.2, 0.25) is 0 Å². The van der Waals surface area contributed by atoms with Crippen molar-refractivity contribution in [3.63, 3.8) is 0 Å². The van der Waals surface area contributed by atoms with E-state index in [9.17, 15) is 4.79 Å². The van der Waals surface area contributed by atoms with Crippen molar-refractivity contribution in [1.82, 2.24) is 5.32 Å². The van der Waals surface area contributed by atoms with Gasteiger partial charge in [0.1, 0.15) is 0 Å². The molecule has 14 heavy (non-hydrogen) atoms. The Morgan fingerprint density at radius 2 is 1.86 bits per heavy atom. The summed E-state index contributed by atoms with van der Waals surface area (Å²) in [4.78, 5) is 11.2. The molecular weight excluding hydrogens is 200 g/mol. The Balaban J connectivity index is 0. The van der Waals surface area contributed by atoms with Crippen LogP contribution in [0.4, 0.5) is 0 Å². The normalized spacial score (nSPS) is 12.6. The molecule has 0 spiro atoms. The lowest BCUT2D eigenvalue weighted by Gasteiger charge is -2.27. The van der Waals surface area contributed by atoms with Crippen molar-refractivity contribution in [2.24, 2.45) is 0 Å². The van der Waals surface area contributed by atoms with E-state index in [1.54, 1.807) is 6.92 Å². The maximum atomic E-state index is 11.2. The predicted molar refractivity (Wildman–Crippen MR) is 55.3 cm³/mol. The Morgan fingerprint density at radius 1 is 1.43 bits per heavy atom. The number of rotatable bonds is 4. The van der Waals surface area contributed by atoms with Gasteiger partial charge in [-0.2, -0.15) is 0 Å². The van der Waals surface area contributed by atoms with Gasteiger partial charge in [-0.25, -0.2) is 0 Å². The molecule has 4 heteroatoms. The van der Waals surface area contributed by atoms with Crippen molar-refractivity contribution in [2.75, 3.05) is 27.7 Å². The first-order chi connectivity index (χ1) is 5.72. The summed E-state index contributed by atoms with van der Waals surface area (Å²) in [7, 11) is 6.30. The SMILES string of the molecule is C=C(C)C(=O)NC(C)C[N+](C)(C)C.[Cl-]. The Hall–Kier alpha value is -0.540. The molecule has 0 aromatic heterocycles. The molecule has 1 atom stereocenters. The van der Waals surface area contributed by atoms with Crippen molar-refractivity contribution in [3.8, 4) is 0 Å². The molecule has 0 aromatic rings. The van der Waals surface area contributed by atoms with Gasteiger partial charge < -0.3 is 22.2 Å². The second-order valence-electron chi connectivity index (χ2n) is 4.63. The van der Waals surface area contributed by atoms with Crippen molar-refractivity contribution >= 4 is 5.91 Å². The molecule has 0 aliphatic rings. The third-order valence-corrected chi connectivity index (χ3v) is 1.59. The van der Waals surface area contributed by atoms with Gasteiger partial charge in [-0.15, -0.1) is 0 Å². The molecule has 0 fully saturated rings. The largest absolute Gasteiger partial charge is 1.00 e. The summed E-state index contributed by atoms with van der Waals surface area (Å²) in [6.45, 7) is 8.22. The molecular formula is C10H21ClN2O. The van der Waals surface area contributed by atoms with E-state index >= 15 is 0 Å². The highest BCUT2D eigenvalue weighted by molar-refractivity contribution is 5.92. The number of quaternary nitrogens is 1. The maximum absolute atomic E-state index is 11.2. The maximum Gasteiger partial charge on any atom is 0.246 e. The quantitative estimate of drug-likeness (QED) is 0.422. The number of halogens is 1. The zero-order chi connectivity index (χ0) is 10.6. The highest BCUT2D eigenvalue weighted by Crippen LogP contribution is 1.96. The van der Waals surface area contributed by atoms with Crippen LogP contribution in [0.5, 0.6) is 0 Å². The summed E-state index contributed by atoms with van der Waals surface area (Å²) in [5, 5.41) is 2.88. The molecule has 0 aliphatic heterocycles. The highest BCUT2D eigenvalue weighted by atomic mass is 35.5. The van der Waals surface area contributed by atoms with Gasteiger partial charge in [-0.05, 0) is 13.8 Å². The zero-order valence-electron chi connectivity index (χ0n) is 9.72. The Bertz CT molecular complexity index is 209. The van der Waals surface area contributed by atoms with Gasteiger partial charge in [0.05, 0.1) is 33.7 Å². The summed E-state index contributed by atoms with van der Waals surface area (Å²) >= 11 is 0. The van der Waals surface area contributed by atoms with Crippen LogP contribution in [-0.2, 0) is 4.79 Å². The fourth-order valence-electron chi connectivity index (χ4n) is 1.21. The first-order valence-corrected chi connectivity index (χ1v) is 4.49. The fraction of sp³-hybridized carbons (Fsp3) is 0.700. The van der Waals surface area contributed by atoms with E-state index in [4.69, 9.17) is 0 Å². The Kier molecular flexibility index (Phi) is 6.86. The molecule has 0 bridgehead atoms. The van der Waals surface area contributed by atoms with Crippen molar-refractivity contribution in [2.45, 2.75) is 19.9 Å². The van der Waals surface area contributed by atoms with Crippen LogP contribution in [0.15, 0.2) is 12.2 Å². The van der Waals surface area contributed by atoms with Gasteiger partial charge >= 0.3 is 0 Å². The van der Waals surface area contributed by atoms with Crippen LogP contribution in [0.25, 0.3) is 0 Å². The molecule has 0 radical (unpaired) electrons. The summed E-state index contributed by atoms with van der Waals surface area (Å²) in [5.74, 6) is -0.0547. The summed E-state index contributed by atoms with van der Waals surface area (Å²) in [6, 6.07) is 0.184. The molecule has 0 heterocycles. The van der Waals surface area contributed by atoms with Crippen molar-refractivity contribution < 1.29 is 21.7 Å². The number of hydrogen-bond acceptors (Lipinski definition) is 1. The van der Waals surface area contributed by atoms with Crippen LogP contribution in [0.3, 0.4) is 0 Å². The fourth-order valence-corrected chi connectivity index (χ4v) is 1.21. The number of nitrogens with zero attached hydrogens (tertiary/aromatic N) is 1. The van der Waals surface area contributed by atoms with Gasteiger partial charge in [0, 0.05) is 5.57 Å². The smallest absolute Gasteiger partial charge is 0.246 e. The number of likely N-dealkylation sites (N-methyl/N-ethyl adjacent to an activating group) is 1. The molecule has 1 unspecified atom stereocenters. The molecule has 3 nitrogen and oxygen atoms in total. The minimum Gasteiger partial charge on any atom is -1.00 e. The number of nitrogens with one attached hydrogen (secondary N) is 1.